The van der Waals surface area contributed by atoms with E-state index in [0.717, 1.165) is 16.7 Å². The first-order chi connectivity index (χ1) is 15.3. The van der Waals surface area contributed by atoms with Crippen molar-refractivity contribution in [3.63, 3.8) is 0 Å². The molecule has 0 fully saturated rings. The molecular formula is C25H25N5O2. The molecule has 2 heterocycles. The molecule has 4 rings (SSSR count). The Morgan fingerprint density at radius 3 is 2.38 bits per heavy atom. The smallest absolute Gasteiger partial charge is 0.266 e. The summed E-state index contributed by atoms with van der Waals surface area (Å²) in [4.78, 5) is 18.4. The highest BCUT2D eigenvalue weighted by Crippen LogP contribution is 2.27. The molecule has 162 valence electrons. The molecule has 1 amide bonds. The third-order valence-electron chi connectivity index (χ3n) is 5.26. The molecule has 7 heteroatoms. The summed E-state index contributed by atoms with van der Waals surface area (Å²) in [6.45, 7) is 8.06. The SMILES string of the molecule is C=C1NC(c2ccc(C(=O)N(C)C)cc2)=NC(c2nnc(Cc3ccc(C)cc3)o2)=C1C. The molecule has 1 N–H and O–H groups in total. The normalized spacial score (nSPS) is 13.6. The molecule has 0 unspecified atom stereocenters. The van der Waals surface area contributed by atoms with E-state index in [1.807, 2.05) is 19.1 Å². The first kappa shape index (κ1) is 21.2. The van der Waals surface area contributed by atoms with Gasteiger partial charge in [0, 0.05) is 36.5 Å². The molecule has 0 atom stereocenters. The number of hydrogen-bond donors (Lipinski definition) is 1. The van der Waals surface area contributed by atoms with E-state index >= 15 is 0 Å². The van der Waals surface area contributed by atoms with E-state index in [1.165, 1.54) is 5.56 Å². The fraction of sp³-hybridized carbons (Fsp3) is 0.200. The van der Waals surface area contributed by atoms with Crippen LogP contribution in [-0.2, 0) is 6.42 Å². The molecule has 1 aliphatic rings. The van der Waals surface area contributed by atoms with Crippen LogP contribution in [0.2, 0.25) is 0 Å². The Hall–Kier alpha value is -4.00. The minimum atomic E-state index is -0.0529. The number of aromatic nitrogens is 2. The van der Waals surface area contributed by atoms with Crippen LogP contribution < -0.4 is 5.32 Å². The van der Waals surface area contributed by atoms with Gasteiger partial charge in [-0.25, -0.2) is 4.99 Å². The molecule has 32 heavy (non-hydrogen) atoms. The summed E-state index contributed by atoms with van der Waals surface area (Å²) in [5, 5.41) is 11.6. The molecule has 3 aromatic rings. The number of aryl methyl sites for hydroxylation is 1. The molecule has 0 spiro atoms. The molecule has 2 aromatic carbocycles. The zero-order valence-corrected chi connectivity index (χ0v) is 18.6. The Bertz CT molecular complexity index is 1230. The van der Waals surface area contributed by atoms with Crippen molar-refractivity contribution in [2.45, 2.75) is 20.3 Å². The predicted octanol–water partition coefficient (Wildman–Crippen LogP) is 3.97. The lowest BCUT2D eigenvalue weighted by Crippen LogP contribution is -2.28. The van der Waals surface area contributed by atoms with Gasteiger partial charge in [0.1, 0.15) is 11.5 Å². The average Bonchev–Trinajstić information content (AvgIpc) is 3.25. The Labute approximate surface area is 187 Å². The van der Waals surface area contributed by atoms with Crippen LogP contribution in [0.3, 0.4) is 0 Å². The second-order valence-electron chi connectivity index (χ2n) is 7.98. The maximum atomic E-state index is 12.1. The van der Waals surface area contributed by atoms with Crippen molar-refractivity contribution < 1.29 is 9.21 Å². The van der Waals surface area contributed by atoms with Crippen molar-refractivity contribution in [3.8, 4) is 0 Å². The van der Waals surface area contributed by atoms with Gasteiger partial charge in [-0.2, -0.15) is 0 Å². The summed E-state index contributed by atoms with van der Waals surface area (Å²) < 4.78 is 5.93. The summed E-state index contributed by atoms with van der Waals surface area (Å²) in [6.07, 6.45) is 0.552. The summed E-state index contributed by atoms with van der Waals surface area (Å²) in [7, 11) is 3.45. The van der Waals surface area contributed by atoms with Crippen LogP contribution in [0.4, 0.5) is 0 Å². The maximum Gasteiger partial charge on any atom is 0.266 e. The zero-order chi connectivity index (χ0) is 22.8. The Morgan fingerprint density at radius 1 is 1.03 bits per heavy atom. The van der Waals surface area contributed by atoms with Crippen LogP contribution in [-0.4, -0.2) is 40.9 Å². The van der Waals surface area contributed by atoms with E-state index in [-0.39, 0.29) is 5.91 Å². The Balaban J connectivity index is 1.60. The minimum absolute atomic E-state index is 0.0529. The van der Waals surface area contributed by atoms with E-state index in [1.54, 1.807) is 31.1 Å². The highest BCUT2D eigenvalue weighted by molar-refractivity contribution is 6.05. The first-order valence-electron chi connectivity index (χ1n) is 10.3. The topological polar surface area (TPSA) is 83.6 Å². The van der Waals surface area contributed by atoms with Crippen LogP contribution in [0.25, 0.3) is 5.70 Å². The van der Waals surface area contributed by atoms with Crippen molar-refractivity contribution >= 4 is 17.4 Å². The standard InChI is InChI=1S/C25H25N5O2/c1-15-6-8-18(9-7-15)14-21-28-29-24(32-21)22-16(2)17(3)26-23(27-22)19-10-12-20(13-11-19)25(31)30(4)5/h6-13H,3,14H2,1-2,4-5H3,(H,26,27). The largest absolute Gasteiger partial charge is 0.419 e. The van der Waals surface area contributed by atoms with Gasteiger partial charge in [0.2, 0.25) is 5.89 Å². The fourth-order valence-corrected chi connectivity index (χ4v) is 3.28. The lowest BCUT2D eigenvalue weighted by molar-refractivity contribution is 0.0827. The number of hydrogen-bond acceptors (Lipinski definition) is 6. The van der Waals surface area contributed by atoms with Gasteiger partial charge in [-0.1, -0.05) is 48.5 Å². The fourth-order valence-electron chi connectivity index (χ4n) is 3.28. The number of allylic oxidation sites excluding steroid dienone is 1. The van der Waals surface area contributed by atoms with Crippen molar-refractivity contribution in [3.05, 3.63) is 100 Å². The Kier molecular flexibility index (Phi) is 5.73. The first-order valence-corrected chi connectivity index (χ1v) is 10.3. The number of carbonyl (C=O) groups excluding carboxylic acids is 1. The second-order valence-corrected chi connectivity index (χ2v) is 7.98. The molecular weight excluding hydrogens is 402 g/mol. The van der Waals surface area contributed by atoms with Crippen LogP contribution in [0.15, 0.2) is 75.8 Å². The number of nitrogens with zero attached hydrogens (tertiary/aromatic N) is 4. The van der Waals surface area contributed by atoms with Gasteiger partial charge in [-0.05, 0) is 31.5 Å². The van der Waals surface area contributed by atoms with E-state index in [9.17, 15) is 4.79 Å². The summed E-state index contributed by atoms with van der Waals surface area (Å²) in [6, 6.07) is 15.5. The van der Waals surface area contributed by atoms with Crippen molar-refractivity contribution in [2.75, 3.05) is 14.1 Å². The third kappa shape index (κ3) is 4.37. The van der Waals surface area contributed by atoms with Crippen LogP contribution in [0.5, 0.6) is 0 Å². The van der Waals surface area contributed by atoms with Gasteiger partial charge in [0.25, 0.3) is 11.8 Å². The van der Waals surface area contributed by atoms with E-state index in [2.05, 4.69) is 53.3 Å². The summed E-state index contributed by atoms with van der Waals surface area (Å²) in [5.41, 5.74) is 5.86. The van der Waals surface area contributed by atoms with E-state index < -0.39 is 0 Å². The van der Waals surface area contributed by atoms with Gasteiger partial charge in [-0.15, -0.1) is 10.2 Å². The quantitative estimate of drug-likeness (QED) is 0.666. The predicted molar refractivity (Wildman–Crippen MR) is 124 cm³/mol. The van der Waals surface area contributed by atoms with E-state index in [0.29, 0.717) is 41.0 Å². The lowest BCUT2D eigenvalue weighted by atomic mass is 10.1. The number of nitrogens with one attached hydrogen (secondary N) is 1. The minimum Gasteiger partial charge on any atom is -0.419 e. The molecule has 7 nitrogen and oxygen atoms in total. The maximum absolute atomic E-state index is 12.1. The monoisotopic (exact) mass is 427 g/mol. The molecule has 1 aliphatic heterocycles. The number of carbonyl (C=O) groups is 1. The van der Waals surface area contributed by atoms with Gasteiger partial charge >= 0.3 is 0 Å². The van der Waals surface area contributed by atoms with Crippen molar-refractivity contribution in [1.82, 2.24) is 20.4 Å². The summed E-state index contributed by atoms with van der Waals surface area (Å²) in [5.74, 6) is 1.43. The van der Waals surface area contributed by atoms with Crippen LogP contribution >= 0.6 is 0 Å². The molecule has 0 aliphatic carbocycles. The average molecular weight is 428 g/mol. The zero-order valence-electron chi connectivity index (χ0n) is 18.6. The molecule has 0 bridgehead atoms. The van der Waals surface area contributed by atoms with Crippen LogP contribution in [0, 0.1) is 6.92 Å². The van der Waals surface area contributed by atoms with Gasteiger partial charge in [-0.3, -0.25) is 4.79 Å². The van der Waals surface area contributed by atoms with Gasteiger partial charge in [0.05, 0.1) is 6.42 Å². The molecule has 0 saturated heterocycles. The summed E-state index contributed by atoms with van der Waals surface area (Å²) >= 11 is 0. The highest BCUT2D eigenvalue weighted by atomic mass is 16.4. The highest BCUT2D eigenvalue weighted by Gasteiger charge is 2.22. The van der Waals surface area contributed by atoms with Gasteiger partial charge < -0.3 is 14.6 Å². The van der Waals surface area contributed by atoms with E-state index in [4.69, 9.17) is 9.41 Å². The molecule has 0 saturated carbocycles. The third-order valence-corrected chi connectivity index (χ3v) is 5.26. The number of aliphatic imine (C=N–C) groups is 1. The second kappa shape index (κ2) is 8.63. The molecule has 0 radical (unpaired) electrons. The number of amides is 1. The lowest BCUT2D eigenvalue weighted by Gasteiger charge is -2.20. The van der Waals surface area contributed by atoms with Gasteiger partial charge in [0.15, 0.2) is 0 Å². The Morgan fingerprint density at radius 2 is 1.72 bits per heavy atom. The number of benzene rings is 2. The van der Waals surface area contributed by atoms with Crippen molar-refractivity contribution in [1.29, 1.82) is 0 Å². The number of rotatable bonds is 5. The van der Waals surface area contributed by atoms with Crippen molar-refractivity contribution in [2.24, 2.45) is 4.99 Å². The molecule has 1 aromatic heterocycles. The van der Waals surface area contributed by atoms with Crippen LogP contribution in [0.1, 0.15) is 45.8 Å². The number of amidine groups is 1.